The van der Waals surface area contributed by atoms with Crippen molar-refractivity contribution in [3.63, 3.8) is 0 Å². The molecule has 13 aromatic carbocycles. The SMILES string of the molecule is CC1(C)c2cc(/C=C/c3ccc(-c4ccc(-c5ccc(/C=C/c6ccc7c(c6)C(C)(C)c6cc(N(c8ccccc8)c8ccc9ccccc9c8)ccc6-7)cc5)cc4)cc3)ccc2-c2ccc(N(c3ccccc3)c3ccc4ccccc4c3)cc21. The molecule has 0 radical (unpaired) electrons. The summed E-state index contributed by atoms with van der Waals surface area (Å²) in [7, 11) is 0. The van der Waals surface area contributed by atoms with E-state index in [0.717, 1.165) is 34.1 Å². The first-order valence-corrected chi connectivity index (χ1v) is 30.0. The van der Waals surface area contributed by atoms with E-state index < -0.39 is 0 Å². The zero-order chi connectivity index (χ0) is 57.9. The molecule has 0 aliphatic heterocycles. The molecule has 410 valence electrons. The van der Waals surface area contributed by atoms with Crippen molar-refractivity contribution in [1.82, 2.24) is 0 Å². The van der Waals surface area contributed by atoms with Gasteiger partial charge in [-0.1, -0.05) is 270 Å². The van der Waals surface area contributed by atoms with Crippen LogP contribution in [0.4, 0.5) is 34.1 Å². The van der Waals surface area contributed by atoms with E-state index in [0.29, 0.717) is 0 Å². The Morgan fingerprint density at radius 2 is 0.500 bits per heavy atom. The molecule has 0 spiro atoms. The molecule has 15 rings (SSSR count). The van der Waals surface area contributed by atoms with Crippen LogP contribution in [0.3, 0.4) is 0 Å². The molecule has 0 atom stereocenters. The molecule has 0 saturated carbocycles. The second-order valence-electron chi connectivity index (χ2n) is 24.2. The minimum absolute atomic E-state index is 0.174. The average Bonchev–Trinajstić information content (AvgIpc) is 1.71. The van der Waals surface area contributed by atoms with Crippen LogP contribution in [-0.4, -0.2) is 0 Å². The summed E-state index contributed by atoms with van der Waals surface area (Å²) in [5.41, 5.74) is 26.7. The van der Waals surface area contributed by atoms with Gasteiger partial charge in [0.1, 0.15) is 0 Å². The third-order valence-corrected chi connectivity index (χ3v) is 18.2. The zero-order valence-electron chi connectivity index (χ0n) is 48.9. The van der Waals surface area contributed by atoms with E-state index >= 15 is 0 Å². The summed E-state index contributed by atoms with van der Waals surface area (Å²) < 4.78 is 0. The number of nitrogens with zero attached hydrogens (tertiary/aromatic N) is 2. The van der Waals surface area contributed by atoms with Gasteiger partial charge in [0.2, 0.25) is 0 Å². The molecule has 0 bridgehead atoms. The Bertz CT molecular complexity index is 4470. The van der Waals surface area contributed by atoms with E-state index in [2.05, 4.69) is 353 Å². The van der Waals surface area contributed by atoms with E-state index in [-0.39, 0.29) is 10.8 Å². The molecule has 86 heavy (non-hydrogen) atoms. The Hall–Kier alpha value is -10.5. The highest BCUT2D eigenvalue weighted by atomic mass is 15.1. The Labute approximate surface area is 505 Å². The fraction of sp³-hybridized carbons (Fsp3) is 0.0714. The van der Waals surface area contributed by atoms with Gasteiger partial charge in [-0.05, 0) is 183 Å². The van der Waals surface area contributed by atoms with Crippen molar-refractivity contribution in [2.45, 2.75) is 38.5 Å². The Morgan fingerprint density at radius 1 is 0.221 bits per heavy atom. The van der Waals surface area contributed by atoms with Gasteiger partial charge in [0, 0.05) is 45.0 Å². The molecule has 2 aliphatic rings. The fourth-order valence-electron chi connectivity index (χ4n) is 13.5. The molecule has 0 fully saturated rings. The van der Waals surface area contributed by atoms with Crippen molar-refractivity contribution >= 4 is 80.0 Å². The predicted molar refractivity (Wildman–Crippen MR) is 368 cm³/mol. The number of benzene rings is 13. The van der Waals surface area contributed by atoms with Gasteiger partial charge in [0.05, 0.1) is 0 Å². The molecule has 13 aromatic rings. The average molecular weight is 1100 g/mol. The fourth-order valence-corrected chi connectivity index (χ4v) is 13.5. The summed E-state index contributed by atoms with van der Waals surface area (Å²) in [4.78, 5) is 4.77. The molecule has 2 aliphatic carbocycles. The number of rotatable bonds is 12. The van der Waals surface area contributed by atoms with Crippen molar-refractivity contribution in [3.8, 4) is 44.5 Å². The molecule has 0 saturated heterocycles. The van der Waals surface area contributed by atoms with Gasteiger partial charge in [-0.2, -0.15) is 0 Å². The van der Waals surface area contributed by atoms with Crippen LogP contribution >= 0.6 is 0 Å². The second kappa shape index (κ2) is 21.3. The highest BCUT2D eigenvalue weighted by molar-refractivity contribution is 5.94. The smallest absolute Gasteiger partial charge is 0.0468 e. The van der Waals surface area contributed by atoms with Crippen LogP contribution in [-0.2, 0) is 10.8 Å². The molecule has 0 amide bonds. The summed E-state index contributed by atoms with van der Waals surface area (Å²) in [6.45, 7) is 9.48. The van der Waals surface area contributed by atoms with Gasteiger partial charge in [0.25, 0.3) is 0 Å². The highest BCUT2D eigenvalue weighted by Gasteiger charge is 2.38. The van der Waals surface area contributed by atoms with Crippen LogP contribution in [0.1, 0.15) is 72.2 Å². The minimum Gasteiger partial charge on any atom is -0.310 e. The molecular formula is C84H64N2. The number of hydrogen-bond acceptors (Lipinski definition) is 2. The van der Waals surface area contributed by atoms with E-state index in [1.165, 1.54) is 111 Å². The van der Waals surface area contributed by atoms with Crippen molar-refractivity contribution in [2.24, 2.45) is 0 Å². The standard InChI is InChI=1S/C84H64N2/c1-83(2)79-51-59(31-47-75(79)77-49-45-73(55-81(77)83)85(69-19-7-5-8-20-69)71-43-41-61-15-11-13-17-67(61)53-71)25-23-57-27-33-63(34-28-57)65-37-39-66(40-38-65)64-35-29-58(30-36-64)24-26-60-32-48-76-78-50-46-74(56-82(78)84(3,4)80(76)52-60)86(70-21-9-6-10-22-70)72-44-42-62-16-12-14-18-68(62)54-72/h5-56H,1-4H3/b25-23+,26-24+. The Balaban J connectivity index is 0.603. The van der Waals surface area contributed by atoms with Gasteiger partial charge in [-0.15, -0.1) is 0 Å². The lowest BCUT2D eigenvalue weighted by molar-refractivity contribution is 0.660. The van der Waals surface area contributed by atoms with Gasteiger partial charge >= 0.3 is 0 Å². The number of fused-ring (bicyclic) bond motifs is 8. The van der Waals surface area contributed by atoms with Gasteiger partial charge in [-0.25, -0.2) is 0 Å². The van der Waals surface area contributed by atoms with E-state index in [1.807, 2.05) is 0 Å². The first-order chi connectivity index (χ1) is 42.1. The van der Waals surface area contributed by atoms with Gasteiger partial charge in [-0.3, -0.25) is 0 Å². The Kier molecular flexibility index (Phi) is 12.9. The first-order valence-electron chi connectivity index (χ1n) is 30.0. The lowest BCUT2D eigenvalue weighted by atomic mass is 9.81. The molecule has 0 unspecified atom stereocenters. The predicted octanol–water partition coefficient (Wildman–Crippen LogP) is 23.2. The van der Waals surface area contributed by atoms with Crippen molar-refractivity contribution in [2.75, 3.05) is 9.80 Å². The maximum absolute atomic E-state index is 2.41. The third-order valence-electron chi connectivity index (χ3n) is 18.2. The molecule has 0 aromatic heterocycles. The summed E-state index contributed by atoms with van der Waals surface area (Å²) in [6, 6.07) is 107. The minimum atomic E-state index is -0.174. The third kappa shape index (κ3) is 9.50. The largest absolute Gasteiger partial charge is 0.310 e. The van der Waals surface area contributed by atoms with E-state index in [4.69, 9.17) is 0 Å². The number of hydrogen-bond donors (Lipinski definition) is 0. The lowest BCUT2D eigenvalue weighted by Gasteiger charge is -2.28. The van der Waals surface area contributed by atoms with Crippen LogP contribution < -0.4 is 9.80 Å². The monoisotopic (exact) mass is 1100 g/mol. The highest BCUT2D eigenvalue weighted by Crippen LogP contribution is 2.53. The van der Waals surface area contributed by atoms with Gasteiger partial charge < -0.3 is 9.80 Å². The molecule has 2 nitrogen and oxygen atoms in total. The molecule has 0 N–H and O–H groups in total. The second-order valence-corrected chi connectivity index (χ2v) is 24.2. The van der Waals surface area contributed by atoms with Crippen molar-refractivity contribution in [1.29, 1.82) is 0 Å². The van der Waals surface area contributed by atoms with Crippen LogP contribution in [0.2, 0.25) is 0 Å². The maximum Gasteiger partial charge on any atom is 0.0468 e. The zero-order valence-corrected chi connectivity index (χ0v) is 48.9. The van der Waals surface area contributed by atoms with Crippen molar-refractivity contribution < 1.29 is 0 Å². The van der Waals surface area contributed by atoms with Crippen LogP contribution in [0.5, 0.6) is 0 Å². The normalized spacial score (nSPS) is 13.4. The first kappa shape index (κ1) is 52.3. The van der Waals surface area contributed by atoms with Crippen LogP contribution in [0, 0.1) is 0 Å². The summed E-state index contributed by atoms with van der Waals surface area (Å²) in [6.07, 6.45) is 8.97. The number of anilines is 6. The number of para-hydroxylation sites is 2. The Morgan fingerprint density at radius 3 is 0.884 bits per heavy atom. The van der Waals surface area contributed by atoms with Gasteiger partial charge in [0.15, 0.2) is 0 Å². The summed E-state index contributed by atoms with van der Waals surface area (Å²) >= 11 is 0. The van der Waals surface area contributed by atoms with Crippen LogP contribution in [0.15, 0.2) is 291 Å². The molecule has 2 heteroatoms. The van der Waals surface area contributed by atoms with Crippen LogP contribution in [0.25, 0.3) is 90.4 Å². The summed E-state index contributed by atoms with van der Waals surface area (Å²) in [5.74, 6) is 0. The topological polar surface area (TPSA) is 6.48 Å². The maximum atomic E-state index is 2.41. The molecule has 0 heterocycles. The summed E-state index contributed by atoms with van der Waals surface area (Å²) in [5, 5.41) is 4.94. The van der Waals surface area contributed by atoms with Crippen molar-refractivity contribution in [3.05, 3.63) is 336 Å². The van der Waals surface area contributed by atoms with E-state index in [9.17, 15) is 0 Å². The molecular weight excluding hydrogens is 1040 g/mol. The lowest BCUT2D eigenvalue weighted by Crippen LogP contribution is -2.16. The quantitative estimate of drug-likeness (QED) is 0.113. The van der Waals surface area contributed by atoms with E-state index in [1.54, 1.807) is 0 Å².